The number of nitrogens with zero attached hydrogens (tertiary/aromatic N) is 1. The van der Waals surface area contributed by atoms with Crippen molar-refractivity contribution in [3.63, 3.8) is 0 Å². The minimum atomic E-state index is -1.14. The van der Waals surface area contributed by atoms with Gasteiger partial charge in [0.15, 0.2) is 0 Å². The number of aliphatic carboxylic acids is 1. The molecule has 0 bridgehead atoms. The molecule has 2 N–H and O–H groups in total. The molecule has 0 saturated heterocycles. The van der Waals surface area contributed by atoms with Crippen LogP contribution in [-0.4, -0.2) is 44.2 Å². The Morgan fingerprint density at radius 1 is 1.54 bits per heavy atom. The van der Waals surface area contributed by atoms with Crippen LogP contribution in [0.25, 0.3) is 0 Å². The molecule has 0 saturated carbocycles. The van der Waals surface area contributed by atoms with Crippen LogP contribution in [0.3, 0.4) is 0 Å². The highest BCUT2D eigenvalue weighted by Gasteiger charge is 2.18. The maximum atomic E-state index is 10.2. The second kappa shape index (κ2) is 6.27. The van der Waals surface area contributed by atoms with Crippen molar-refractivity contribution in [1.29, 1.82) is 0 Å². The van der Waals surface area contributed by atoms with Crippen LogP contribution in [0.5, 0.6) is 0 Å². The van der Waals surface area contributed by atoms with Crippen molar-refractivity contribution in [3.05, 3.63) is 0 Å². The lowest BCUT2D eigenvalue weighted by Crippen LogP contribution is -2.45. The SMILES string of the molecule is C[N+](C)(C)CC(CC(=O)[O-])ON.P. The number of quaternary nitrogens is 1. The Morgan fingerprint density at radius 2 is 2.00 bits per heavy atom. The number of hydrogen-bond donors (Lipinski definition) is 1. The Bertz CT molecular complexity index is 158. The van der Waals surface area contributed by atoms with Gasteiger partial charge in [-0.25, -0.2) is 5.90 Å². The average molecular weight is 210 g/mol. The van der Waals surface area contributed by atoms with E-state index in [4.69, 9.17) is 5.90 Å². The number of carboxylic acids is 1. The zero-order valence-corrected chi connectivity index (χ0v) is 9.86. The molecule has 0 spiro atoms. The third-order valence-corrected chi connectivity index (χ3v) is 1.34. The lowest BCUT2D eigenvalue weighted by molar-refractivity contribution is -0.873. The Labute approximate surface area is 82.0 Å². The summed E-state index contributed by atoms with van der Waals surface area (Å²) in [4.78, 5) is 14.7. The summed E-state index contributed by atoms with van der Waals surface area (Å²) < 4.78 is 0.606. The zero-order chi connectivity index (χ0) is 9.78. The molecule has 2 unspecified atom stereocenters. The van der Waals surface area contributed by atoms with Crippen LogP contribution in [0.2, 0.25) is 0 Å². The van der Waals surface area contributed by atoms with E-state index in [1.807, 2.05) is 21.1 Å². The predicted octanol–water partition coefficient (Wildman–Crippen LogP) is -1.85. The van der Waals surface area contributed by atoms with Crippen LogP contribution in [0.1, 0.15) is 6.42 Å². The molecule has 0 aliphatic heterocycles. The molecular weight excluding hydrogens is 191 g/mol. The average Bonchev–Trinajstić information content (AvgIpc) is 1.82. The minimum Gasteiger partial charge on any atom is -0.550 e. The largest absolute Gasteiger partial charge is 0.550 e. The molecule has 5 nitrogen and oxygen atoms in total. The summed E-state index contributed by atoms with van der Waals surface area (Å²) in [7, 11) is 5.80. The quantitative estimate of drug-likeness (QED) is 0.328. The van der Waals surface area contributed by atoms with Crippen molar-refractivity contribution in [2.24, 2.45) is 5.90 Å². The first-order chi connectivity index (χ1) is 5.35. The van der Waals surface area contributed by atoms with Crippen LogP contribution >= 0.6 is 9.90 Å². The molecule has 0 fully saturated rings. The second-order valence-corrected chi connectivity index (χ2v) is 3.81. The Kier molecular flexibility index (Phi) is 7.36. The lowest BCUT2D eigenvalue weighted by Gasteiger charge is -2.28. The van der Waals surface area contributed by atoms with Gasteiger partial charge in [-0.15, -0.1) is 0 Å². The van der Waals surface area contributed by atoms with Gasteiger partial charge < -0.3 is 14.4 Å². The zero-order valence-electron chi connectivity index (χ0n) is 8.45. The van der Waals surface area contributed by atoms with E-state index in [0.717, 1.165) is 0 Å². The summed E-state index contributed by atoms with van der Waals surface area (Å²) in [6.07, 6.45) is -0.638. The highest BCUT2D eigenvalue weighted by molar-refractivity contribution is 6.92. The molecule has 80 valence electrons. The fourth-order valence-electron chi connectivity index (χ4n) is 0.952. The molecule has 0 aromatic rings. The van der Waals surface area contributed by atoms with E-state index in [9.17, 15) is 9.90 Å². The molecule has 0 rings (SSSR count). The molecule has 0 radical (unpaired) electrons. The smallest absolute Gasteiger partial charge is 0.133 e. The Hall–Kier alpha value is -0.220. The highest BCUT2D eigenvalue weighted by atomic mass is 31.0. The number of carboxylic acid groups (broad SMARTS) is 1. The second-order valence-electron chi connectivity index (χ2n) is 3.81. The standard InChI is InChI=1S/C7H16N2O3.H3P/c1-9(2,3)5-6(12-8)4-7(10)11;/h6H,4-5,8H2,1-3H3;1H3. The summed E-state index contributed by atoms with van der Waals surface area (Å²) >= 11 is 0. The van der Waals surface area contributed by atoms with Gasteiger partial charge in [0.25, 0.3) is 0 Å². The lowest BCUT2D eigenvalue weighted by atomic mass is 10.2. The maximum Gasteiger partial charge on any atom is 0.133 e. The molecule has 0 aromatic heterocycles. The van der Waals surface area contributed by atoms with E-state index in [-0.39, 0.29) is 16.3 Å². The Morgan fingerprint density at radius 3 is 2.23 bits per heavy atom. The topological polar surface area (TPSA) is 75.4 Å². The van der Waals surface area contributed by atoms with Crippen LogP contribution in [0, 0.1) is 0 Å². The van der Waals surface area contributed by atoms with Gasteiger partial charge in [0.2, 0.25) is 0 Å². The van der Waals surface area contributed by atoms with Gasteiger partial charge in [-0.3, -0.25) is 4.84 Å². The van der Waals surface area contributed by atoms with Crippen molar-refractivity contribution in [3.8, 4) is 0 Å². The van der Waals surface area contributed by atoms with Crippen molar-refractivity contribution in [2.45, 2.75) is 12.5 Å². The van der Waals surface area contributed by atoms with E-state index in [1.54, 1.807) is 0 Å². The summed E-state index contributed by atoms with van der Waals surface area (Å²) in [5.74, 6) is 3.79. The molecule has 6 heteroatoms. The van der Waals surface area contributed by atoms with Crippen LogP contribution < -0.4 is 11.0 Å². The molecule has 0 aromatic carbocycles. The first kappa shape index (κ1) is 15.3. The van der Waals surface area contributed by atoms with Gasteiger partial charge in [0, 0.05) is 12.4 Å². The summed E-state index contributed by atoms with van der Waals surface area (Å²) in [6, 6.07) is 0. The number of rotatable bonds is 5. The van der Waals surface area contributed by atoms with Gasteiger partial charge in [-0.2, -0.15) is 9.90 Å². The summed E-state index contributed by atoms with van der Waals surface area (Å²) in [6.45, 7) is 0.546. The summed E-state index contributed by atoms with van der Waals surface area (Å²) in [5.41, 5.74) is 0. The summed E-state index contributed by atoms with van der Waals surface area (Å²) in [5, 5.41) is 10.2. The minimum absolute atomic E-state index is 0. The van der Waals surface area contributed by atoms with E-state index in [0.29, 0.717) is 11.0 Å². The van der Waals surface area contributed by atoms with Gasteiger partial charge in [-0.05, 0) is 0 Å². The molecule has 0 amide bonds. The van der Waals surface area contributed by atoms with E-state index >= 15 is 0 Å². The van der Waals surface area contributed by atoms with E-state index in [2.05, 4.69) is 4.84 Å². The number of nitrogens with two attached hydrogens (primary N) is 1. The first-order valence-electron chi connectivity index (χ1n) is 3.71. The predicted molar refractivity (Wildman–Crippen MR) is 52.7 cm³/mol. The fraction of sp³-hybridized carbons (Fsp3) is 0.857. The van der Waals surface area contributed by atoms with E-state index < -0.39 is 12.1 Å². The highest BCUT2D eigenvalue weighted by Crippen LogP contribution is 2.01. The molecule has 0 aliphatic carbocycles. The molecule has 0 aliphatic rings. The number of carbonyl (C=O) groups excluding carboxylic acids is 1. The monoisotopic (exact) mass is 210 g/mol. The van der Waals surface area contributed by atoms with E-state index in [1.165, 1.54) is 0 Å². The number of likely N-dealkylation sites (N-methyl/N-ethyl adjacent to an activating group) is 1. The van der Waals surface area contributed by atoms with Crippen LogP contribution in [0.15, 0.2) is 0 Å². The molecule has 2 atom stereocenters. The van der Waals surface area contributed by atoms with Crippen LogP contribution in [0.4, 0.5) is 0 Å². The van der Waals surface area contributed by atoms with Gasteiger partial charge in [0.05, 0.1) is 21.1 Å². The molecule has 13 heavy (non-hydrogen) atoms. The van der Waals surface area contributed by atoms with Crippen molar-refractivity contribution >= 4 is 15.9 Å². The fourth-order valence-corrected chi connectivity index (χ4v) is 0.952. The Balaban J connectivity index is 0. The van der Waals surface area contributed by atoms with Crippen LogP contribution in [-0.2, 0) is 9.63 Å². The normalized spacial score (nSPS) is 13.2. The number of hydrogen-bond acceptors (Lipinski definition) is 4. The third kappa shape index (κ3) is 9.70. The third-order valence-electron chi connectivity index (χ3n) is 1.34. The van der Waals surface area contributed by atoms with Gasteiger partial charge in [-0.1, -0.05) is 0 Å². The van der Waals surface area contributed by atoms with Gasteiger partial charge in [0.1, 0.15) is 12.6 Å². The van der Waals surface area contributed by atoms with Gasteiger partial charge >= 0.3 is 0 Å². The first-order valence-corrected chi connectivity index (χ1v) is 3.71. The maximum absolute atomic E-state index is 10.2. The number of carbonyl (C=O) groups is 1. The molecule has 0 heterocycles. The van der Waals surface area contributed by atoms with Crippen molar-refractivity contribution in [1.82, 2.24) is 0 Å². The molecular formula is C7H19N2O3P. The van der Waals surface area contributed by atoms with Crippen molar-refractivity contribution < 1.29 is 19.2 Å². The van der Waals surface area contributed by atoms with Crippen molar-refractivity contribution in [2.75, 3.05) is 27.7 Å².